The lowest BCUT2D eigenvalue weighted by Gasteiger charge is -2.21. The van der Waals surface area contributed by atoms with Gasteiger partial charge in [-0.2, -0.15) is 13.2 Å². The zero-order chi connectivity index (χ0) is 12.1. The molecular weight excluding hydrogens is 211 g/mol. The molecule has 0 saturated heterocycles. The van der Waals surface area contributed by atoms with Crippen molar-refractivity contribution in [3.63, 3.8) is 0 Å². The summed E-state index contributed by atoms with van der Waals surface area (Å²) < 4.78 is 36.2. The first kappa shape index (κ1) is 14.0. The van der Waals surface area contributed by atoms with Gasteiger partial charge in [-0.1, -0.05) is 11.6 Å². The highest BCUT2D eigenvalue weighted by Gasteiger charge is 2.41. The number of aliphatic hydroxyl groups is 1. The summed E-state index contributed by atoms with van der Waals surface area (Å²) in [5.74, 6) is -1.92. The van der Waals surface area contributed by atoms with Crippen LogP contribution < -0.4 is 0 Å². The van der Waals surface area contributed by atoms with Crippen LogP contribution in [0.1, 0.15) is 13.8 Å². The topological polar surface area (TPSA) is 40.5 Å². The molecule has 0 unspecified atom stereocenters. The average molecular weight is 225 g/mol. The van der Waals surface area contributed by atoms with Crippen LogP contribution >= 0.6 is 0 Å². The molecule has 0 aromatic carbocycles. The van der Waals surface area contributed by atoms with Gasteiger partial charge in [0.2, 0.25) is 0 Å². The maximum absolute atomic E-state index is 12.1. The maximum atomic E-state index is 12.1. The molecule has 0 aliphatic carbocycles. The summed E-state index contributed by atoms with van der Waals surface area (Å²) >= 11 is 0. The number of alkyl halides is 3. The molecule has 0 saturated carbocycles. The molecule has 3 nitrogen and oxygen atoms in total. The van der Waals surface area contributed by atoms with Gasteiger partial charge < -0.3 is 10.0 Å². The number of hydrogen-bond donors (Lipinski definition) is 1. The minimum atomic E-state index is -4.88. The summed E-state index contributed by atoms with van der Waals surface area (Å²) in [6, 6.07) is 0. The first-order valence-corrected chi connectivity index (χ1v) is 4.39. The molecule has 0 aromatic rings. The highest BCUT2D eigenvalue weighted by atomic mass is 19.4. The lowest BCUT2D eigenvalue weighted by molar-refractivity contribution is -0.185. The van der Waals surface area contributed by atoms with E-state index in [0.717, 1.165) is 5.57 Å². The van der Waals surface area contributed by atoms with Gasteiger partial charge in [0.1, 0.15) is 0 Å². The Kier molecular flexibility index (Phi) is 5.35. The number of aliphatic hydroxyl groups excluding tert-OH is 1. The second-order valence-electron chi connectivity index (χ2n) is 3.25. The third kappa shape index (κ3) is 5.41. The van der Waals surface area contributed by atoms with E-state index in [2.05, 4.69) is 0 Å². The normalized spacial score (nSPS) is 11.1. The third-order valence-corrected chi connectivity index (χ3v) is 1.62. The van der Waals surface area contributed by atoms with Gasteiger partial charge in [0.15, 0.2) is 0 Å². The van der Waals surface area contributed by atoms with Crippen LogP contribution in [-0.4, -0.2) is 41.8 Å². The molecule has 88 valence electrons. The number of allylic oxidation sites excluding steroid dienone is 1. The van der Waals surface area contributed by atoms with E-state index in [1.807, 2.05) is 0 Å². The molecule has 0 radical (unpaired) electrons. The third-order valence-electron chi connectivity index (χ3n) is 1.62. The standard InChI is InChI=1S/C9H14F3NO2/c1-7(2)3-4-13(5-6-14)8(15)9(10,11)12/h3,14H,4-6H2,1-2H3. The molecule has 15 heavy (non-hydrogen) atoms. The van der Waals surface area contributed by atoms with E-state index in [1.54, 1.807) is 13.8 Å². The van der Waals surface area contributed by atoms with E-state index in [9.17, 15) is 18.0 Å². The van der Waals surface area contributed by atoms with E-state index in [-0.39, 0.29) is 13.1 Å². The van der Waals surface area contributed by atoms with E-state index < -0.39 is 18.7 Å². The van der Waals surface area contributed by atoms with Crippen LogP contribution in [0.2, 0.25) is 0 Å². The maximum Gasteiger partial charge on any atom is 0.471 e. The fourth-order valence-electron chi connectivity index (χ4n) is 0.869. The van der Waals surface area contributed by atoms with Gasteiger partial charge in [0.25, 0.3) is 0 Å². The summed E-state index contributed by atoms with van der Waals surface area (Å²) in [7, 11) is 0. The van der Waals surface area contributed by atoms with Crippen molar-refractivity contribution in [1.29, 1.82) is 0 Å². The van der Waals surface area contributed by atoms with Gasteiger partial charge in [-0.05, 0) is 13.8 Å². The first-order valence-electron chi connectivity index (χ1n) is 4.39. The van der Waals surface area contributed by atoms with Crippen LogP contribution in [0.4, 0.5) is 13.2 Å². The van der Waals surface area contributed by atoms with Gasteiger partial charge in [-0.25, -0.2) is 0 Å². The largest absolute Gasteiger partial charge is 0.471 e. The Hall–Kier alpha value is -1.04. The summed E-state index contributed by atoms with van der Waals surface area (Å²) in [6.45, 7) is 2.49. The highest BCUT2D eigenvalue weighted by molar-refractivity contribution is 5.82. The monoisotopic (exact) mass is 225 g/mol. The van der Waals surface area contributed by atoms with Crippen molar-refractivity contribution in [1.82, 2.24) is 4.90 Å². The second-order valence-corrected chi connectivity index (χ2v) is 3.25. The summed E-state index contributed by atoms with van der Waals surface area (Å²) in [5, 5.41) is 8.53. The Balaban J connectivity index is 4.52. The predicted octanol–water partition coefficient (Wildman–Crippen LogP) is 1.34. The van der Waals surface area contributed by atoms with Crippen LogP contribution in [0.3, 0.4) is 0 Å². The number of carbonyl (C=O) groups is 1. The summed E-state index contributed by atoms with van der Waals surface area (Å²) in [5.41, 5.74) is 0.813. The van der Waals surface area contributed by atoms with Crippen LogP contribution in [-0.2, 0) is 4.79 Å². The molecule has 6 heteroatoms. The van der Waals surface area contributed by atoms with E-state index in [4.69, 9.17) is 5.11 Å². The predicted molar refractivity (Wildman–Crippen MR) is 49.2 cm³/mol. The van der Waals surface area contributed by atoms with Crippen molar-refractivity contribution in [2.75, 3.05) is 19.7 Å². The number of amides is 1. The van der Waals surface area contributed by atoms with Crippen molar-refractivity contribution in [3.05, 3.63) is 11.6 Å². The SMILES string of the molecule is CC(C)=CCN(CCO)C(=O)C(F)(F)F. The molecule has 0 bridgehead atoms. The van der Waals surface area contributed by atoms with Crippen molar-refractivity contribution in [2.24, 2.45) is 0 Å². The first-order chi connectivity index (χ1) is 6.79. The fourth-order valence-corrected chi connectivity index (χ4v) is 0.869. The van der Waals surface area contributed by atoms with Crippen molar-refractivity contribution in [3.8, 4) is 0 Å². The van der Waals surface area contributed by atoms with Gasteiger partial charge in [0.05, 0.1) is 6.61 Å². The van der Waals surface area contributed by atoms with Crippen LogP contribution in [0.5, 0.6) is 0 Å². The Bertz CT molecular complexity index is 244. The molecule has 0 aliphatic heterocycles. The molecule has 0 spiro atoms. The van der Waals surface area contributed by atoms with Crippen LogP contribution in [0.25, 0.3) is 0 Å². The zero-order valence-electron chi connectivity index (χ0n) is 8.64. The average Bonchev–Trinajstić information content (AvgIpc) is 2.09. The van der Waals surface area contributed by atoms with Crippen LogP contribution in [0, 0.1) is 0 Å². The summed E-state index contributed by atoms with van der Waals surface area (Å²) in [6.07, 6.45) is -3.38. The van der Waals surface area contributed by atoms with Crippen molar-refractivity contribution < 1.29 is 23.1 Å². The molecule has 1 amide bonds. The van der Waals surface area contributed by atoms with Crippen molar-refractivity contribution in [2.45, 2.75) is 20.0 Å². The van der Waals surface area contributed by atoms with Gasteiger partial charge in [0, 0.05) is 13.1 Å². The Labute approximate surface area is 86.2 Å². The van der Waals surface area contributed by atoms with Gasteiger partial charge >= 0.3 is 12.1 Å². The molecule has 0 rings (SSSR count). The van der Waals surface area contributed by atoms with Gasteiger partial charge in [-0.3, -0.25) is 4.79 Å². The molecule has 0 heterocycles. The lowest BCUT2D eigenvalue weighted by Crippen LogP contribution is -2.42. The van der Waals surface area contributed by atoms with E-state index in [1.165, 1.54) is 6.08 Å². The molecule has 0 aliphatic rings. The Morgan fingerprint density at radius 2 is 1.93 bits per heavy atom. The van der Waals surface area contributed by atoms with E-state index >= 15 is 0 Å². The molecule has 0 atom stereocenters. The number of carbonyl (C=O) groups excluding carboxylic acids is 1. The summed E-state index contributed by atoms with van der Waals surface area (Å²) in [4.78, 5) is 11.4. The number of nitrogens with zero attached hydrogens (tertiary/aromatic N) is 1. The zero-order valence-corrected chi connectivity index (χ0v) is 8.64. The van der Waals surface area contributed by atoms with Gasteiger partial charge in [-0.15, -0.1) is 0 Å². The minimum Gasteiger partial charge on any atom is -0.395 e. The number of rotatable bonds is 4. The Morgan fingerprint density at radius 1 is 1.40 bits per heavy atom. The van der Waals surface area contributed by atoms with Crippen molar-refractivity contribution >= 4 is 5.91 Å². The lowest BCUT2D eigenvalue weighted by atomic mass is 10.3. The molecule has 0 fully saturated rings. The molecule has 0 aromatic heterocycles. The fraction of sp³-hybridized carbons (Fsp3) is 0.667. The molecule has 1 N–H and O–H groups in total. The number of halogens is 3. The minimum absolute atomic E-state index is 0.138. The highest BCUT2D eigenvalue weighted by Crippen LogP contribution is 2.18. The quantitative estimate of drug-likeness (QED) is 0.733. The smallest absolute Gasteiger partial charge is 0.395 e. The molecular formula is C9H14F3NO2. The Morgan fingerprint density at radius 3 is 2.27 bits per heavy atom. The second kappa shape index (κ2) is 5.75. The van der Waals surface area contributed by atoms with Crippen LogP contribution in [0.15, 0.2) is 11.6 Å². The number of hydrogen-bond acceptors (Lipinski definition) is 2. The van der Waals surface area contributed by atoms with E-state index in [0.29, 0.717) is 4.90 Å².